The summed E-state index contributed by atoms with van der Waals surface area (Å²) in [5.74, 6) is -0.292. The van der Waals surface area contributed by atoms with Gasteiger partial charge in [-0.15, -0.1) is 0 Å². The topological polar surface area (TPSA) is 99.0 Å². The Hall–Kier alpha value is -0.690. The molecule has 0 aromatic rings. The molecule has 1 aliphatic rings. The molecule has 6 nitrogen and oxygen atoms in total. The Morgan fingerprint density at radius 2 is 1.89 bits per heavy atom. The SMILES string of the molecule is CCC(C)(C)C1OC(CO)C(O)C(O)C1NC(C)=O. The van der Waals surface area contributed by atoms with Gasteiger partial charge in [0.1, 0.15) is 18.3 Å². The van der Waals surface area contributed by atoms with Crippen LogP contribution in [0.4, 0.5) is 0 Å². The van der Waals surface area contributed by atoms with Gasteiger partial charge in [-0.05, 0) is 11.8 Å². The van der Waals surface area contributed by atoms with E-state index in [1.54, 1.807) is 0 Å². The maximum absolute atomic E-state index is 11.3. The van der Waals surface area contributed by atoms with Crippen LogP contribution in [0.1, 0.15) is 34.1 Å². The van der Waals surface area contributed by atoms with Crippen molar-refractivity contribution < 1.29 is 24.9 Å². The van der Waals surface area contributed by atoms with E-state index in [1.807, 2.05) is 20.8 Å². The summed E-state index contributed by atoms with van der Waals surface area (Å²) in [5, 5.41) is 31.9. The first-order valence-corrected chi connectivity index (χ1v) is 6.64. The Morgan fingerprint density at radius 1 is 1.32 bits per heavy atom. The van der Waals surface area contributed by atoms with E-state index in [2.05, 4.69) is 5.32 Å². The van der Waals surface area contributed by atoms with Gasteiger partial charge in [0.05, 0.1) is 18.8 Å². The molecule has 1 fully saturated rings. The van der Waals surface area contributed by atoms with Crippen LogP contribution < -0.4 is 5.32 Å². The van der Waals surface area contributed by atoms with Gasteiger partial charge in [0.2, 0.25) is 5.91 Å². The number of nitrogens with one attached hydrogen (secondary N) is 1. The van der Waals surface area contributed by atoms with Crippen LogP contribution in [0.15, 0.2) is 0 Å². The molecule has 1 aliphatic heterocycles. The van der Waals surface area contributed by atoms with Crippen LogP contribution in [0.5, 0.6) is 0 Å². The Bertz CT molecular complexity index is 320. The van der Waals surface area contributed by atoms with E-state index in [4.69, 9.17) is 4.74 Å². The van der Waals surface area contributed by atoms with Crippen molar-refractivity contribution in [3.8, 4) is 0 Å². The second-order valence-corrected chi connectivity index (χ2v) is 5.83. The van der Waals surface area contributed by atoms with Gasteiger partial charge in [-0.2, -0.15) is 0 Å². The highest BCUT2D eigenvalue weighted by Crippen LogP contribution is 2.35. The monoisotopic (exact) mass is 275 g/mol. The number of carbonyl (C=O) groups excluding carboxylic acids is 1. The van der Waals surface area contributed by atoms with Crippen LogP contribution >= 0.6 is 0 Å². The summed E-state index contributed by atoms with van der Waals surface area (Å²) in [5.41, 5.74) is -0.304. The van der Waals surface area contributed by atoms with Gasteiger partial charge in [-0.1, -0.05) is 20.8 Å². The number of hydrogen-bond donors (Lipinski definition) is 4. The van der Waals surface area contributed by atoms with Crippen molar-refractivity contribution in [2.75, 3.05) is 6.61 Å². The zero-order chi connectivity index (χ0) is 14.8. The molecule has 0 aromatic heterocycles. The van der Waals surface area contributed by atoms with Crippen molar-refractivity contribution in [3.05, 3.63) is 0 Å². The van der Waals surface area contributed by atoms with Crippen LogP contribution in [0.3, 0.4) is 0 Å². The molecule has 112 valence electrons. The van der Waals surface area contributed by atoms with E-state index in [1.165, 1.54) is 6.92 Å². The Kier molecular flexibility index (Phi) is 5.32. The van der Waals surface area contributed by atoms with Gasteiger partial charge >= 0.3 is 0 Å². The minimum Gasteiger partial charge on any atom is -0.394 e. The van der Waals surface area contributed by atoms with Crippen molar-refractivity contribution >= 4 is 5.91 Å². The van der Waals surface area contributed by atoms with E-state index < -0.39 is 30.5 Å². The molecule has 1 saturated heterocycles. The van der Waals surface area contributed by atoms with Crippen molar-refractivity contribution in [3.63, 3.8) is 0 Å². The zero-order valence-electron chi connectivity index (χ0n) is 12.0. The van der Waals surface area contributed by atoms with Crippen LogP contribution in [0.2, 0.25) is 0 Å². The molecule has 19 heavy (non-hydrogen) atoms. The fourth-order valence-electron chi connectivity index (χ4n) is 2.38. The number of amides is 1. The third-order valence-corrected chi connectivity index (χ3v) is 3.98. The van der Waals surface area contributed by atoms with Crippen LogP contribution in [0.25, 0.3) is 0 Å². The quantitative estimate of drug-likeness (QED) is 0.549. The first kappa shape index (κ1) is 16.4. The highest BCUT2D eigenvalue weighted by Gasteiger charge is 2.49. The van der Waals surface area contributed by atoms with E-state index in [-0.39, 0.29) is 17.9 Å². The Labute approximate surface area is 113 Å². The van der Waals surface area contributed by atoms with E-state index in [0.717, 1.165) is 6.42 Å². The van der Waals surface area contributed by atoms with Crippen LogP contribution in [-0.2, 0) is 9.53 Å². The molecular weight excluding hydrogens is 250 g/mol. The number of carbonyl (C=O) groups is 1. The molecule has 0 radical (unpaired) electrons. The Balaban J connectivity index is 3.03. The number of aliphatic hydroxyl groups is 3. The van der Waals surface area contributed by atoms with E-state index in [0.29, 0.717) is 0 Å². The molecule has 0 aliphatic carbocycles. The van der Waals surface area contributed by atoms with Crippen LogP contribution in [-0.4, -0.2) is 58.3 Å². The molecular formula is C13H25NO5. The van der Waals surface area contributed by atoms with Crippen molar-refractivity contribution in [2.45, 2.75) is 64.6 Å². The fraction of sp³-hybridized carbons (Fsp3) is 0.923. The molecule has 5 atom stereocenters. The van der Waals surface area contributed by atoms with Crippen molar-refractivity contribution in [1.29, 1.82) is 0 Å². The molecule has 1 heterocycles. The van der Waals surface area contributed by atoms with Crippen LogP contribution in [0, 0.1) is 5.41 Å². The fourth-order valence-corrected chi connectivity index (χ4v) is 2.38. The molecule has 4 N–H and O–H groups in total. The molecule has 0 saturated carbocycles. The summed E-state index contributed by atoms with van der Waals surface area (Å²) < 4.78 is 5.71. The third-order valence-electron chi connectivity index (χ3n) is 3.98. The second kappa shape index (κ2) is 6.17. The smallest absolute Gasteiger partial charge is 0.217 e. The summed E-state index contributed by atoms with van der Waals surface area (Å²) in [6.45, 7) is 6.89. The summed E-state index contributed by atoms with van der Waals surface area (Å²) in [7, 11) is 0. The van der Waals surface area contributed by atoms with Gasteiger partial charge in [-0.25, -0.2) is 0 Å². The average Bonchev–Trinajstić information content (AvgIpc) is 2.34. The summed E-state index contributed by atoms with van der Waals surface area (Å²) in [4.78, 5) is 11.3. The predicted octanol–water partition coefficient (Wildman–Crippen LogP) is -0.591. The minimum atomic E-state index is -1.22. The lowest BCUT2D eigenvalue weighted by atomic mass is 9.75. The first-order chi connectivity index (χ1) is 8.74. The highest BCUT2D eigenvalue weighted by molar-refractivity contribution is 5.73. The maximum atomic E-state index is 11.3. The largest absolute Gasteiger partial charge is 0.394 e. The normalized spacial score (nSPS) is 36.1. The molecule has 1 rings (SSSR count). The summed E-state index contributed by atoms with van der Waals surface area (Å²) >= 11 is 0. The minimum absolute atomic E-state index is 0.292. The maximum Gasteiger partial charge on any atom is 0.217 e. The number of aliphatic hydroxyl groups excluding tert-OH is 3. The molecule has 0 aromatic carbocycles. The lowest BCUT2D eigenvalue weighted by Gasteiger charge is -2.48. The number of ether oxygens (including phenoxy) is 1. The van der Waals surface area contributed by atoms with E-state index in [9.17, 15) is 20.1 Å². The van der Waals surface area contributed by atoms with Crippen molar-refractivity contribution in [1.82, 2.24) is 5.32 Å². The molecule has 0 spiro atoms. The highest BCUT2D eigenvalue weighted by atomic mass is 16.5. The van der Waals surface area contributed by atoms with Gasteiger partial charge in [-0.3, -0.25) is 4.79 Å². The predicted molar refractivity (Wildman–Crippen MR) is 69.4 cm³/mol. The molecule has 5 unspecified atom stereocenters. The number of rotatable bonds is 4. The van der Waals surface area contributed by atoms with Gasteiger partial charge in [0, 0.05) is 6.92 Å². The zero-order valence-corrected chi connectivity index (χ0v) is 12.0. The lowest BCUT2D eigenvalue weighted by molar-refractivity contribution is -0.219. The molecule has 6 heteroatoms. The first-order valence-electron chi connectivity index (χ1n) is 6.64. The van der Waals surface area contributed by atoms with E-state index >= 15 is 0 Å². The van der Waals surface area contributed by atoms with Gasteiger partial charge < -0.3 is 25.4 Å². The van der Waals surface area contributed by atoms with Gasteiger partial charge in [0.15, 0.2) is 0 Å². The average molecular weight is 275 g/mol. The lowest BCUT2D eigenvalue weighted by Crippen LogP contribution is -2.66. The molecule has 0 bridgehead atoms. The summed E-state index contributed by atoms with van der Waals surface area (Å²) in [6, 6.07) is -0.690. The third kappa shape index (κ3) is 3.45. The molecule has 1 amide bonds. The number of hydrogen-bond acceptors (Lipinski definition) is 5. The summed E-state index contributed by atoms with van der Waals surface area (Å²) in [6.07, 6.45) is -2.92. The van der Waals surface area contributed by atoms with Gasteiger partial charge in [0.25, 0.3) is 0 Å². The standard InChI is InChI=1S/C13H25NO5/c1-5-13(3,4)12-9(14-7(2)16)11(18)10(17)8(6-15)19-12/h8-12,15,17-18H,5-6H2,1-4H3,(H,14,16). The second-order valence-electron chi connectivity index (χ2n) is 5.83. The van der Waals surface area contributed by atoms with Crippen molar-refractivity contribution in [2.24, 2.45) is 5.41 Å². The Morgan fingerprint density at radius 3 is 2.32 bits per heavy atom.